The van der Waals surface area contributed by atoms with Gasteiger partial charge in [0.1, 0.15) is 5.54 Å². The van der Waals surface area contributed by atoms with E-state index in [1.165, 1.54) is 24.3 Å². The molecule has 3 saturated heterocycles. The van der Waals surface area contributed by atoms with Crippen molar-refractivity contribution in [1.82, 2.24) is 4.90 Å². The maximum Gasteiger partial charge on any atom is 0.269 e. The highest BCUT2D eigenvalue weighted by molar-refractivity contribution is 6.35. The Morgan fingerprint density at radius 1 is 1.09 bits per heavy atom. The molecular formula is C22H17ClN4O5. The molecule has 2 aromatic rings. The van der Waals surface area contributed by atoms with Crippen LogP contribution in [0.5, 0.6) is 0 Å². The van der Waals surface area contributed by atoms with Gasteiger partial charge in [0.15, 0.2) is 0 Å². The molecule has 162 valence electrons. The first-order valence-corrected chi connectivity index (χ1v) is 10.7. The molecule has 4 heterocycles. The van der Waals surface area contributed by atoms with E-state index in [4.69, 9.17) is 11.6 Å². The molecule has 0 aliphatic carbocycles. The van der Waals surface area contributed by atoms with Gasteiger partial charge in [-0.15, -0.1) is 0 Å². The van der Waals surface area contributed by atoms with Crippen LogP contribution in [0.25, 0.3) is 0 Å². The van der Waals surface area contributed by atoms with Crippen LogP contribution in [-0.4, -0.2) is 40.1 Å². The van der Waals surface area contributed by atoms with Gasteiger partial charge in [0.25, 0.3) is 11.6 Å². The number of nitrogens with zero attached hydrogens (tertiary/aromatic N) is 3. The molecule has 32 heavy (non-hydrogen) atoms. The Balaban J connectivity index is 1.52. The Labute approximate surface area is 187 Å². The first-order chi connectivity index (χ1) is 15.4. The van der Waals surface area contributed by atoms with Crippen LogP contribution in [0.15, 0.2) is 42.5 Å². The summed E-state index contributed by atoms with van der Waals surface area (Å²) in [4.78, 5) is 54.5. The van der Waals surface area contributed by atoms with E-state index in [1.807, 2.05) is 4.90 Å². The maximum atomic E-state index is 13.8. The lowest BCUT2D eigenvalue weighted by Gasteiger charge is -2.36. The van der Waals surface area contributed by atoms with Crippen molar-refractivity contribution in [2.75, 3.05) is 16.8 Å². The van der Waals surface area contributed by atoms with E-state index in [1.54, 1.807) is 18.2 Å². The van der Waals surface area contributed by atoms with E-state index < -0.39 is 28.2 Å². The van der Waals surface area contributed by atoms with Crippen LogP contribution in [0.1, 0.15) is 18.4 Å². The first-order valence-electron chi connectivity index (χ1n) is 10.4. The minimum atomic E-state index is -1.30. The van der Waals surface area contributed by atoms with Gasteiger partial charge in [0, 0.05) is 23.7 Å². The first kappa shape index (κ1) is 19.4. The minimum absolute atomic E-state index is 0.134. The second-order valence-corrected chi connectivity index (χ2v) is 8.98. The Hall–Kier alpha value is -3.30. The van der Waals surface area contributed by atoms with Gasteiger partial charge in [-0.05, 0) is 37.6 Å². The molecule has 3 fully saturated rings. The van der Waals surface area contributed by atoms with Crippen LogP contribution in [0, 0.1) is 22.0 Å². The molecule has 4 aliphatic rings. The van der Waals surface area contributed by atoms with Crippen molar-refractivity contribution in [2.24, 2.45) is 11.8 Å². The number of rotatable bonds is 2. The lowest BCUT2D eigenvalue weighted by molar-refractivity contribution is -0.384. The van der Waals surface area contributed by atoms with E-state index in [-0.39, 0.29) is 29.2 Å². The zero-order chi connectivity index (χ0) is 22.4. The fraction of sp³-hybridized carbons (Fsp3) is 0.318. The van der Waals surface area contributed by atoms with E-state index in [2.05, 4.69) is 5.32 Å². The molecule has 0 radical (unpaired) electrons. The molecule has 0 bridgehead atoms. The number of hydrogen-bond donors (Lipinski definition) is 1. The van der Waals surface area contributed by atoms with Crippen molar-refractivity contribution in [3.8, 4) is 0 Å². The lowest BCUT2D eigenvalue weighted by Crippen LogP contribution is -2.54. The van der Waals surface area contributed by atoms with Crippen LogP contribution >= 0.6 is 11.6 Å². The summed E-state index contributed by atoms with van der Waals surface area (Å²) >= 11 is 6.36. The molecule has 4 atom stereocenters. The zero-order valence-corrected chi connectivity index (χ0v) is 17.4. The third kappa shape index (κ3) is 2.14. The van der Waals surface area contributed by atoms with Crippen LogP contribution in [0.4, 0.5) is 17.1 Å². The normalized spacial score (nSPS) is 30.6. The molecule has 6 rings (SSSR count). The van der Waals surface area contributed by atoms with Crippen LogP contribution in [-0.2, 0) is 19.9 Å². The summed E-state index contributed by atoms with van der Waals surface area (Å²) in [6.45, 7) is 0.606. The number of nitrogens with one attached hydrogen (secondary N) is 1. The summed E-state index contributed by atoms with van der Waals surface area (Å²) < 4.78 is 0. The van der Waals surface area contributed by atoms with Gasteiger partial charge in [0.05, 0.1) is 33.2 Å². The largest absolute Gasteiger partial charge is 0.323 e. The number of anilines is 2. The molecule has 4 aliphatic heterocycles. The fourth-order valence-electron chi connectivity index (χ4n) is 6.17. The second-order valence-electron chi connectivity index (χ2n) is 8.57. The summed E-state index contributed by atoms with van der Waals surface area (Å²) in [5.74, 6) is -2.74. The molecule has 2 aromatic carbocycles. The Kier molecular flexibility index (Phi) is 3.86. The average molecular weight is 453 g/mol. The lowest BCUT2D eigenvalue weighted by atomic mass is 9.75. The highest BCUT2D eigenvalue weighted by atomic mass is 35.5. The second kappa shape index (κ2) is 6.36. The van der Waals surface area contributed by atoms with Crippen molar-refractivity contribution in [1.29, 1.82) is 0 Å². The summed E-state index contributed by atoms with van der Waals surface area (Å²) in [7, 11) is 0. The van der Waals surface area contributed by atoms with E-state index in [9.17, 15) is 24.5 Å². The van der Waals surface area contributed by atoms with Crippen molar-refractivity contribution in [3.63, 3.8) is 0 Å². The van der Waals surface area contributed by atoms with Gasteiger partial charge >= 0.3 is 0 Å². The minimum Gasteiger partial charge on any atom is -0.323 e. The third-order valence-electron chi connectivity index (χ3n) is 7.30. The predicted molar refractivity (Wildman–Crippen MR) is 114 cm³/mol. The van der Waals surface area contributed by atoms with E-state index in [0.29, 0.717) is 29.2 Å². The summed E-state index contributed by atoms with van der Waals surface area (Å²) in [6.07, 6.45) is 1.52. The Bertz CT molecular complexity index is 1230. The number of carbonyl (C=O) groups excluding carboxylic acids is 3. The highest BCUT2D eigenvalue weighted by Gasteiger charge is 2.74. The number of carbonyl (C=O) groups is 3. The number of imide groups is 1. The molecule has 3 amide bonds. The number of nitro groups is 1. The maximum absolute atomic E-state index is 13.8. The number of benzene rings is 2. The average Bonchev–Trinajstić information content (AvgIpc) is 3.47. The standard InChI is InChI=1S/C22H17ClN4O5/c23-14-4-1-3-13-18(14)24-21(30)22(13)17-16(15-5-2-10-25(15)22)19(28)26(20(17)29)11-6-8-12(9-7-11)27(31)32/h1,3-4,6-9,15-17H,2,5,10H2,(H,24,30)/t15-,16-,17-,22+/m1/s1. The smallest absolute Gasteiger partial charge is 0.269 e. The van der Waals surface area contributed by atoms with Crippen LogP contribution in [0.3, 0.4) is 0 Å². The number of halogens is 1. The van der Waals surface area contributed by atoms with Crippen molar-refractivity contribution in [3.05, 3.63) is 63.2 Å². The van der Waals surface area contributed by atoms with Gasteiger partial charge < -0.3 is 5.32 Å². The van der Waals surface area contributed by atoms with Crippen LogP contribution < -0.4 is 10.2 Å². The molecule has 10 heteroatoms. The van der Waals surface area contributed by atoms with E-state index in [0.717, 1.165) is 11.3 Å². The Morgan fingerprint density at radius 3 is 2.56 bits per heavy atom. The molecule has 0 unspecified atom stereocenters. The van der Waals surface area contributed by atoms with Crippen LogP contribution in [0.2, 0.25) is 5.02 Å². The zero-order valence-electron chi connectivity index (χ0n) is 16.7. The van der Waals surface area contributed by atoms with Gasteiger partial charge in [-0.2, -0.15) is 0 Å². The number of nitro benzene ring substituents is 1. The topological polar surface area (TPSA) is 113 Å². The molecule has 0 saturated carbocycles. The summed E-state index contributed by atoms with van der Waals surface area (Å²) in [5.41, 5.74) is -0.0517. The number of non-ortho nitro benzene ring substituents is 1. The van der Waals surface area contributed by atoms with E-state index >= 15 is 0 Å². The molecular weight excluding hydrogens is 436 g/mol. The fourth-order valence-corrected chi connectivity index (χ4v) is 6.39. The van der Waals surface area contributed by atoms with Gasteiger partial charge in [-0.25, -0.2) is 4.90 Å². The Morgan fingerprint density at radius 2 is 1.84 bits per heavy atom. The summed E-state index contributed by atoms with van der Waals surface area (Å²) in [5, 5.41) is 14.2. The number of para-hydroxylation sites is 1. The third-order valence-corrected chi connectivity index (χ3v) is 7.61. The monoisotopic (exact) mass is 452 g/mol. The SMILES string of the molecule is O=C1[C@@H]2[C@H]3CCCN3[C@]3(C(=O)Nc4c(Cl)cccc43)[C@H]2C(=O)N1c1ccc([N+](=O)[O-])cc1. The molecule has 1 N–H and O–H groups in total. The van der Waals surface area contributed by atoms with Gasteiger partial charge in [0.2, 0.25) is 11.8 Å². The number of amides is 3. The van der Waals surface area contributed by atoms with Gasteiger partial charge in [-0.1, -0.05) is 23.7 Å². The summed E-state index contributed by atoms with van der Waals surface area (Å²) in [6, 6.07) is 10.3. The van der Waals surface area contributed by atoms with Crippen molar-refractivity contribution >= 4 is 46.4 Å². The quantitative estimate of drug-likeness (QED) is 0.426. The molecule has 9 nitrogen and oxygen atoms in total. The van der Waals surface area contributed by atoms with Crippen molar-refractivity contribution < 1.29 is 19.3 Å². The number of fused-ring (bicyclic) bond motifs is 7. The van der Waals surface area contributed by atoms with Crippen molar-refractivity contribution in [2.45, 2.75) is 24.4 Å². The number of hydrogen-bond acceptors (Lipinski definition) is 6. The molecule has 0 aromatic heterocycles. The molecule has 1 spiro atoms. The van der Waals surface area contributed by atoms with Gasteiger partial charge in [-0.3, -0.25) is 29.4 Å². The highest BCUT2D eigenvalue weighted by Crippen LogP contribution is 2.61. The predicted octanol–water partition coefficient (Wildman–Crippen LogP) is 2.68.